The third kappa shape index (κ3) is 5.41. The van der Waals surface area contributed by atoms with E-state index in [4.69, 9.17) is 9.47 Å². The number of methoxy groups -OCH3 is 2. The van der Waals surface area contributed by atoms with Crippen molar-refractivity contribution < 1.29 is 14.3 Å². The lowest BCUT2D eigenvalue weighted by Gasteiger charge is -2.21. The molecule has 0 spiro atoms. The molecule has 0 bridgehead atoms. The van der Waals surface area contributed by atoms with Gasteiger partial charge in [-0.15, -0.1) is 0 Å². The van der Waals surface area contributed by atoms with Crippen LogP contribution in [0.15, 0.2) is 48.5 Å². The number of rotatable bonds is 9. The van der Waals surface area contributed by atoms with Crippen LogP contribution in [-0.2, 0) is 11.3 Å². The van der Waals surface area contributed by atoms with Crippen LogP contribution in [0.4, 0.5) is 5.69 Å². The first-order valence-corrected chi connectivity index (χ1v) is 8.45. The van der Waals surface area contributed by atoms with Gasteiger partial charge in [-0.05, 0) is 24.6 Å². The van der Waals surface area contributed by atoms with Gasteiger partial charge in [-0.3, -0.25) is 4.79 Å². The Bertz CT molecular complexity index is 674. The number of ether oxygens (including phenoxy) is 2. The van der Waals surface area contributed by atoms with Gasteiger partial charge in [-0.1, -0.05) is 30.3 Å². The zero-order valence-electron chi connectivity index (χ0n) is 15.1. The molecule has 0 aliphatic carbocycles. The average molecular weight is 342 g/mol. The summed E-state index contributed by atoms with van der Waals surface area (Å²) in [4.78, 5) is 14.3. The van der Waals surface area contributed by atoms with Gasteiger partial charge in [-0.2, -0.15) is 0 Å². The van der Waals surface area contributed by atoms with Crippen molar-refractivity contribution in [2.24, 2.45) is 0 Å². The number of benzene rings is 2. The lowest BCUT2D eigenvalue weighted by Crippen LogP contribution is -2.31. The van der Waals surface area contributed by atoms with Crippen LogP contribution >= 0.6 is 0 Å². The molecule has 0 aliphatic rings. The molecule has 0 saturated carbocycles. The predicted molar refractivity (Wildman–Crippen MR) is 100 cm³/mol. The first kappa shape index (κ1) is 18.6. The molecule has 1 N–H and O–H groups in total. The summed E-state index contributed by atoms with van der Waals surface area (Å²) in [6.45, 7) is 3.86. The van der Waals surface area contributed by atoms with Gasteiger partial charge in [0, 0.05) is 32.1 Å². The Balaban J connectivity index is 1.90. The molecule has 0 saturated heterocycles. The molecule has 2 rings (SSSR count). The molecule has 0 aliphatic heterocycles. The van der Waals surface area contributed by atoms with Crippen LogP contribution in [0.5, 0.6) is 11.5 Å². The molecule has 0 atom stereocenters. The maximum absolute atomic E-state index is 12.5. The van der Waals surface area contributed by atoms with E-state index in [1.54, 1.807) is 14.2 Å². The fraction of sp³-hybridized carbons (Fsp3) is 0.350. The highest BCUT2D eigenvalue weighted by Crippen LogP contribution is 2.28. The van der Waals surface area contributed by atoms with Crippen LogP contribution in [0.3, 0.4) is 0 Å². The Labute approximate surface area is 149 Å². The second-order valence-corrected chi connectivity index (χ2v) is 5.64. The quantitative estimate of drug-likeness (QED) is 0.757. The van der Waals surface area contributed by atoms with Crippen LogP contribution in [0, 0.1) is 0 Å². The van der Waals surface area contributed by atoms with Crippen LogP contribution in [0.1, 0.15) is 18.9 Å². The minimum absolute atomic E-state index is 0.126. The molecule has 25 heavy (non-hydrogen) atoms. The van der Waals surface area contributed by atoms with E-state index in [1.807, 2.05) is 60.4 Å². The van der Waals surface area contributed by atoms with Crippen molar-refractivity contribution in [2.75, 3.05) is 32.6 Å². The summed E-state index contributed by atoms with van der Waals surface area (Å²) in [6, 6.07) is 15.6. The molecule has 0 unspecified atom stereocenters. The molecule has 2 aromatic rings. The first-order valence-electron chi connectivity index (χ1n) is 8.45. The van der Waals surface area contributed by atoms with Gasteiger partial charge >= 0.3 is 0 Å². The normalized spacial score (nSPS) is 10.2. The summed E-state index contributed by atoms with van der Waals surface area (Å²) in [5, 5.41) is 3.26. The number of amides is 1. The van der Waals surface area contributed by atoms with Gasteiger partial charge < -0.3 is 19.7 Å². The summed E-state index contributed by atoms with van der Waals surface area (Å²) in [6.07, 6.45) is 0.418. The molecule has 1 amide bonds. The van der Waals surface area contributed by atoms with E-state index in [2.05, 4.69) is 5.32 Å². The predicted octanol–water partition coefficient (Wildman–Crippen LogP) is 3.55. The van der Waals surface area contributed by atoms with Gasteiger partial charge in [0.2, 0.25) is 5.91 Å². The first-order chi connectivity index (χ1) is 12.2. The lowest BCUT2D eigenvalue weighted by molar-refractivity contribution is -0.131. The van der Waals surface area contributed by atoms with Gasteiger partial charge in [0.1, 0.15) is 11.5 Å². The minimum Gasteiger partial charge on any atom is -0.497 e. The summed E-state index contributed by atoms with van der Waals surface area (Å²) >= 11 is 0. The second kappa shape index (κ2) is 9.57. The van der Waals surface area contributed by atoms with Crippen LogP contribution < -0.4 is 14.8 Å². The lowest BCUT2D eigenvalue weighted by atomic mass is 10.2. The topological polar surface area (TPSA) is 50.8 Å². The number of hydrogen-bond acceptors (Lipinski definition) is 4. The number of carbonyl (C=O) groups excluding carboxylic acids is 1. The molecule has 134 valence electrons. The molecule has 5 nitrogen and oxygen atoms in total. The van der Waals surface area contributed by atoms with Crippen molar-refractivity contribution in [1.29, 1.82) is 0 Å². The zero-order chi connectivity index (χ0) is 18.1. The Morgan fingerprint density at radius 3 is 2.48 bits per heavy atom. The molecule has 0 heterocycles. The van der Waals surface area contributed by atoms with E-state index in [-0.39, 0.29) is 5.91 Å². The number of nitrogens with one attached hydrogen (secondary N) is 1. The van der Waals surface area contributed by atoms with Crippen molar-refractivity contribution in [3.63, 3.8) is 0 Å². The minimum atomic E-state index is 0.126. The summed E-state index contributed by atoms with van der Waals surface area (Å²) in [5.41, 5.74) is 1.96. The Hall–Kier alpha value is -2.69. The SMILES string of the molecule is CCN(Cc1ccccc1)C(=O)CCNc1cc(OC)ccc1OC. The third-order valence-corrected chi connectivity index (χ3v) is 4.01. The van der Waals surface area contributed by atoms with Crippen molar-refractivity contribution in [2.45, 2.75) is 19.9 Å². The maximum Gasteiger partial charge on any atom is 0.224 e. The standard InChI is InChI=1S/C20H26N2O3/c1-4-22(15-16-8-6-5-7-9-16)20(23)12-13-21-18-14-17(24-2)10-11-19(18)25-3/h5-11,14,21H,4,12-13,15H2,1-3H3. The number of hydrogen-bond donors (Lipinski definition) is 1. The van der Waals surface area contributed by atoms with E-state index >= 15 is 0 Å². The van der Waals surface area contributed by atoms with Gasteiger partial charge in [0.05, 0.1) is 19.9 Å². The molecular weight excluding hydrogens is 316 g/mol. The highest BCUT2D eigenvalue weighted by Gasteiger charge is 2.12. The van der Waals surface area contributed by atoms with Crippen LogP contribution in [0.2, 0.25) is 0 Å². The Kier molecular flexibility index (Phi) is 7.14. The van der Waals surface area contributed by atoms with Gasteiger partial charge in [0.15, 0.2) is 0 Å². The molecule has 2 aromatic carbocycles. The van der Waals surface area contributed by atoms with E-state index < -0.39 is 0 Å². The number of carbonyl (C=O) groups is 1. The summed E-state index contributed by atoms with van der Waals surface area (Å²) < 4.78 is 10.6. The van der Waals surface area contributed by atoms with Crippen molar-refractivity contribution in [3.05, 3.63) is 54.1 Å². The Morgan fingerprint density at radius 2 is 1.84 bits per heavy atom. The monoisotopic (exact) mass is 342 g/mol. The Morgan fingerprint density at radius 1 is 1.08 bits per heavy atom. The van der Waals surface area contributed by atoms with E-state index in [9.17, 15) is 4.79 Å². The van der Waals surface area contributed by atoms with E-state index in [1.165, 1.54) is 0 Å². The van der Waals surface area contributed by atoms with Crippen molar-refractivity contribution in [3.8, 4) is 11.5 Å². The fourth-order valence-corrected chi connectivity index (χ4v) is 2.59. The summed E-state index contributed by atoms with van der Waals surface area (Å²) in [5.74, 6) is 1.60. The highest BCUT2D eigenvalue weighted by atomic mass is 16.5. The van der Waals surface area contributed by atoms with Crippen molar-refractivity contribution >= 4 is 11.6 Å². The molecular formula is C20H26N2O3. The third-order valence-electron chi connectivity index (χ3n) is 4.01. The van der Waals surface area contributed by atoms with E-state index in [0.29, 0.717) is 26.1 Å². The van der Waals surface area contributed by atoms with Gasteiger partial charge in [-0.25, -0.2) is 0 Å². The van der Waals surface area contributed by atoms with Crippen molar-refractivity contribution in [1.82, 2.24) is 4.90 Å². The summed E-state index contributed by atoms with van der Waals surface area (Å²) in [7, 11) is 3.24. The number of anilines is 1. The fourth-order valence-electron chi connectivity index (χ4n) is 2.59. The highest BCUT2D eigenvalue weighted by molar-refractivity contribution is 5.77. The molecule has 0 fully saturated rings. The number of nitrogens with zero attached hydrogens (tertiary/aromatic N) is 1. The smallest absolute Gasteiger partial charge is 0.224 e. The van der Waals surface area contributed by atoms with E-state index in [0.717, 1.165) is 22.7 Å². The average Bonchev–Trinajstić information content (AvgIpc) is 2.66. The van der Waals surface area contributed by atoms with Crippen LogP contribution in [0.25, 0.3) is 0 Å². The molecule has 5 heteroatoms. The second-order valence-electron chi connectivity index (χ2n) is 5.64. The van der Waals surface area contributed by atoms with Gasteiger partial charge in [0.25, 0.3) is 0 Å². The largest absolute Gasteiger partial charge is 0.497 e. The molecule has 0 aromatic heterocycles. The maximum atomic E-state index is 12.5. The van der Waals surface area contributed by atoms with Crippen LogP contribution in [-0.4, -0.2) is 38.1 Å². The zero-order valence-corrected chi connectivity index (χ0v) is 15.1. The molecule has 0 radical (unpaired) electrons.